The number of halogens is 4. The summed E-state index contributed by atoms with van der Waals surface area (Å²) in [5, 5.41) is 12.5. The number of rotatable bonds is 13. The third kappa shape index (κ3) is 8.58. The molecule has 6 N–H and O–H groups in total. The van der Waals surface area contributed by atoms with E-state index in [2.05, 4.69) is 30.2 Å². The summed E-state index contributed by atoms with van der Waals surface area (Å²) in [6, 6.07) is 7.03. The summed E-state index contributed by atoms with van der Waals surface area (Å²) in [6.07, 6.45) is 0.341. The molecule has 0 saturated carbocycles. The number of aromatic nitrogens is 5. The number of piperidine rings is 3. The maximum Gasteiger partial charge on any atom is 0.265 e. The summed E-state index contributed by atoms with van der Waals surface area (Å²) >= 11 is 0. The van der Waals surface area contributed by atoms with Crippen LogP contribution in [-0.4, -0.2) is 133 Å². The minimum Gasteiger partial charge on any atom is -0.492 e. The standard InChI is InChI=1S/C44H45F4N11O7/c45-29-17-34(66-24-6-10-56(11-7-24)12-13-65-25-2-3-26-27(15-25)43(64)59(42(26)63)32-4-5-35(60)55-41(32)62)30(46)16-28(29)31-14-23(19-58-22-54-36-39(49)52-21-53-40(36)58)33(18-51-31)57-9-1-8-44(50,20-57)37(61)38(47)48/h2-3,14-18,21-22,24,32,37-38,61H,1,4-13,19-20,50H2,(H2,49,52,53)(H,55,60,62)/t32?,37-,44-/m1/s1. The molecular formula is C44H45F4N11O7. The molecule has 3 atom stereocenters. The van der Waals surface area contributed by atoms with Gasteiger partial charge < -0.3 is 35.5 Å². The average molecular weight is 916 g/mol. The lowest BCUT2D eigenvalue weighted by Gasteiger charge is -2.44. The molecule has 7 heterocycles. The van der Waals surface area contributed by atoms with E-state index >= 15 is 8.78 Å². The van der Waals surface area contributed by atoms with Crippen molar-refractivity contribution < 1.29 is 51.3 Å². The van der Waals surface area contributed by atoms with Gasteiger partial charge in [0.05, 0.1) is 47.1 Å². The van der Waals surface area contributed by atoms with Crippen molar-refractivity contribution in [3.05, 3.63) is 83.6 Å². The van der Waals surface area contributed by atoms with E-state index < -0.39 is 65.5 Å². The van der Waals surface area contributed by atoms with Gasteiger partial charge in [0, 0.05) is 50.8 Å². The van der Waals surface area contributed by atoms with Gasteiger partial charge in [-0.15, -0.1) is 0 Å². The fourth-order valence-electron chi connectivity index (χ4n) is 9.13. The third-order valence-corrected chi connectivity index (χ3v) is 12.7. The zero-order valence-electron chi connectivity index (χ0n) is 35.3. The molecule has 9 rings (SSSR count). The molecule has 3 aromatic heterocycles. The van der Waals surface area contributed by atoms with E-state index in [1.54, 1.807) is 21.6 Å². The molecule has 1 unspecified atom stereocenters. The van der Waals surface area contributed by atoms with Gasteiger partial charge in [0.2, 0.25) is 11.8 Å². The van der Waals surface area contributed by atoms with Crippen LogP contribution < -0.4 is 31.2 Å². The van der Waals surface area contributed by atoms with Crippen LogP contribution in [0.2, 0.25) is 0 Å². The second-order valence-electron chi connectivity index (χ2n) is 17.0. The highest BCUT2D eigenvalue weighted by Gasteiger charge is 2.45. The van der Waals surface area contributed by atoms with Crippen molar-refractivity contribution >= 4 is 46.3 Å². The predicted octanol–water partition coefficient (Wildman–Crippen LogP) is 3.04. The van der Waals surface area contributed by atoms with E-state index in [1.807, 2.05) is 0 Å². The number of nitrogens with one attached hydrogen (secondary N) is 1. The highest BCUT2D eigenvalue weighted by atomic mass is 19.3. The van der Waals surface area contributed by atoms with Gasteiger partial charge in [-0.2, -0.15) is 0 Å². The molecule has 4 amide bonds. The Hall–Kier alpha value is -6.78. The first-order valence-corrected chi connectivity index (χ1v) is 21.4. The zero-order valence-corrected chi connectivity index (χ0v) is 35.3. The van der Waals surface area contributed by atoms with E-state index in [9.17, 15) is 33.1 Å². The van der Waals surface area contributed by atoms with Gasteiger partial charge in [-0.1, -0.05) is 0 Å². The lowest BCUT2D eigenvalue weighted by molar-refractivity contribution is -0.136. The van der Waals surface area contributed by atoms with Crippen LogP contribution in [-0.2, 0) is 16.1 Å². The van der Waals surface area contributed by atoms with Gasteiger partial charge >= 0.3 is 0 Å². The summed E-state index contributed by atoms with van der Waals surface area (Å²) < 4.78 is 72.7. The van der Waals surface area contributed by atoms with Crippen LogP contribution in [0.15, 0.2) is 55.2 Å². The molecule has 0 spiro atoms. The molecule has 346 valence electrons. The van der Waals surface area contributed by atoms with E-state index in [1.165, 1.54) is 31.0 Å². The number of benzene rings is 2. The number of aliphatic hydroxyl groups excluding tert-OH is 1. The van der Waals surface area contributed by atoms with Gasteiger partial charge in [0.1, 0.15) is 48.3 Å². The minimum absolute atomic E-state index is 0.0188. The van der Waals surface area contributed by atoms with Crippen molar-refractivity contribution in [3.63, 3.8) is 0 Å². The Balaban J connectivity index is 0.839. The zero-order chi connectivity index (χ0) is 46.4. The minimum atomic E-state index is -3.06. The number of carbonyl (C=O) groups excluding carboxylic acids is 4. The Bertz CT molecular complexity index is 2730. The number of hydrogen-bond acceptors (Lipinski definition) is 15. The number of fused-ring (bicyclic) bond motifs is 2. The van der Waals surface area contributed by atoms with Crippen molar-refractivity contribution in [1.82, 2.24) is 39.6 Å². The molecule has 4 aliphatic heterocycles. The van der Waals surface area contributed by atoms with Gasteiger partial charge in [-0.05, 0) is 68.0 Å². The van der Waals surface area contributed by atoms with Crippen molar-refractivity contribution in [2.45, 2.75) is 75.3 Å². The van der Waals surface area contributed by atoms with Gasteiger partial charge in [-0.3, -0.25) is 39.3 Å². The van der Waals surface area contributed by atoms with Crippen molar-refractivity contribution in [2.24, 2.45) is 5.73 Å². The molecule has 18 nitrogen and oxygen atoms in total. The van der Waals surface area contributed by atoms with Crippen LogP contribution in [0.1, 0.15) is 64.8 Å². The Kier molecular flexibility index (Phi) is 12.0. The number of nitrogens with two attached hydrogens (primary N) is 2. The largest absolute Gasteiger partial charge is 0.492 e. The number of anilines is 2. The van der Waals surface area contributed by atoms with E-state index in [0.29, 0.717) is 73.6 Å². The number of carbonyl (C=O) groups is 4. The van der Waals surface area contributed by atoms with Crippen molar-refractivity contribution in [3.8, 4) is 22.8 Å². The first-order valence-electron chi connectivity index (χ1n) is 21.4. The topological polar surface area (TPSA) is 237 Å². The number of nitrogen functional groups attached to an aromatic ring is 1. The summed E-state index contributed by atoms with van der Waals surface area (Å²) in [7, 11) is 0. The Morgan fingerprint density at radius 3 is 2.48 bits per heavy atom. The number of ether oxygens (including phenoxy) is 2. The number of likely N-dealkylation sites (tertiary alicyclic amines) is 1. The molecule has 0 radical (unpaired) electrons. The number of amides is 4. The predicted molar refractivity (Wildman–Crippen MR) is 228 cm³/mol. The van der Waals surface area contributed by atoms with Crippen molar-refractivity contribution in [2.75, 3.05) is 50.0 Å². The van der Waals surface area contributed by atoms with Crippen LogP contribution in [0, 0.1) is 11.6 Å². The highest BCUT2D eigenvalue weighted by Crippen LogP contribution is 2.36. The second kappa shape index (κ2) is 17.9. The van der Waals surface area contributed by atoms with Gasteiger partial charge in [0.25, 0.3) is 18.2 Å². The molecule has 5 aromatic rings. The van der Waals surface area contributed by atoms with Crippen LogP contribution in [0.4, 0.5) is 29.1 Å². The molecule has 0 bridgehead atoms. The molecular weight excluding hydrogens is 871 g/mol. The monoisotopic (exact) mass is 915 g/mol. The lowest BCUT2D eigenvalue weighted by atomic mass is 9.84. The number of aliphatic hydroxyl groups is 1. The van der Waals surface area contributed by atoms with Crippen molar-refractivity contribution in [1.29, 1.82) is 0 Å². The smallest absolute Gasteiger partial charge is 0.265 e. The maximum absolute atomic E-state index is 16.0. The van der Waals surface area contributed by atoms with Crippen LogP contribution in [0.5, 0.6) is 11.5 Å². The molecule has 3 fully saturated rings. The fourth-order valence-corrected chi connectivity index (χ4v) is 9.13. The van der Waals surface area contributed by atoms with Crippen LogP contribution in [0.25, 0.3) is 22.4 Å². The SMILES string of the molecule is Nc1ncnc2c1ncn2Cc1cc(-c2cc(F)c(OC3CCN(CCOc4ccc5c(c4)C(=O)N(C4CCC(=O)NC4=O)C5=O)CC3)cc2F)ncc1N1CCC[C@](N)([C@H](O)C(F)F)C1. The van der Waals surface area contributed by atoms with E-state index in [4.69, 9.17) is 20.9 Å². The quantitative estimate of drug-likeness (QED) is 0.0982. The van der Waals surface area contributed by atoms with Gasteiger partial charge in [-0.25, -0.2) is 32.5 Å². The molecule has 4 aliphatic rings. The number of imide groups is 2. The summed E-state index contributed by atoms with van der Waals surface area (Å²) in [5.41, 5.74) is 12.7. The number of pyridine rings is 1. The average Bonchev–Trinajstić information content (AvgIpc) is 3.82. The van der Waals surface area contributed by atoms with Gasteiger partial charge in [0.15, 0.2) is 23.0 Å². The first kappa shape index (κ1) is 44.4. The summed E-state index contributed by atoms with van der Waals surface area (Å²) in [6.45, 7) is 2.27. The molecule has 3 saturated heterocycles. The molecule has 22 heteroatoms. The van der Waals surface area contributed by atoms with Crippen LogP contribution in [0.3, 0.4) is 0 Å². The fraction of sp³-hybridized carbons (Fsp3) is 0.409. The molecule has 66 heavy (non-hydrogen) atoms. The number of hydrogen-bond donors (Lipinski definition) is 4. The third-order valence-electron chi connectivity index (χ3n) is 12.7. The Labute approximate surface area is 373 Å². The number of alkyl halides is 2. The Morgan fingerprint density at radius 2 is 1.71 bits per heavy atom. The Morgan fingerprint density at radius 1 is 0.924 bits per heavy atom. The molecule has 0 aliphatic carbocycles. The second-order valence-corrected chi connectivity index (χ2v) is 17.0. The first-order chi connectivity index (χ1) is 31.7. The summed E-state index contributed by atoms with van der Waals surface area (Å²) in [4.78, 5) is 72.0. The van der Waals surface area contributed by atoms with Crippen LogP contribution >= 0.6 is 0 Å². The number of nitrogens with zero attached hydrogens (tertiary/aromatic N) is 8. The molecule has 2 aromatic carbocycles. The van der Waals surface area contributed by atoms with E-state index in [-0.39, 0.29) is 72.9 Å². The van der Waals surface area contributed by atoms with E-state index in [0.717, 1.165) is 17.0 Å². The summed E-state index contributed by atoms with van der Waals surface area (Å²) in [5.74, 6) is -3.72. The normalized spacial score (nSPS) is 21.2. The lowest BCUT2D eigenvalue weighted by Crippen LogP contribution is -2.63. The highest BCUT2D eigenvalue weighted by molar-refractivity contribution is 6.23. The maximum atomic E-state index is 16.0. The number of imidazole rings is 1.